The fourth-order valence-corrected chi connectivity index (χ4v) is 1.66. The van der Waals surface area contributed by atoms with Gasteiger partial charge in [0.1, 0.15) is 0 Å². The van der Waals surface area contributed by atoms with Crippen LogP contribution < -0.4 is 5.32 Å². The van der Waals surface area contributed by atoms with Crippen molar-refractivity contribution >= 4 is 23.2 Å². The molecule has 5 heteroatoms. The first-order valence-electron chi connectivity index (χ1n) is 4.64. The molecule has 4 nitrogen and oxygen atoms in total. The molecule has 1 atom stereocenters. The van der Waals surface area contributed by atoms with Crippen LogP contribution in [-0.2, 0) is 4.79 Å². The topological polar surface area (TPSA) is 66.4 Å². The Bertz CT molecular complexity index is 334. The summed E-state index contributed by atoms with van der Waals surface area (Å²) in [6.45, 7) is 2.02. The van der Waals surface area contributed by atoms with E-state index in [4.69, 9.17) is 5.11 Å². The average Bonchev–Trinajstić information content (AvgIpc) is 2.70. The summed E-state index contributed by atoms with van der Waals surface area (Å²) in [6, 6.07) is 1.74. The second-order valence-electron chi connectivity index (χ2n) is 3.30. The van der Waals surface area contributed by atoms with Crippen molar-refractivity contribution in [2.24, 2.45) is 5.92 Å². The number of carbonyl (C=O) groups is 2. The number of aliphatic carboxylic acids is 1. The zero-order chi connectivity index (χ0) is 11.3. The van der Waals surface area contributed by atoms with Gasteiger partial charge >= 0.3 is 5.97 Å². The number of hydrogen-bond donors (Lipinski definition) is 2. The molecule has 0 saturated carbocycles. The zero-order valence-electron chi connectivity index (χ0n) is 8.40. The van der Waals surface area contributed by atoms with Crippen LogP contribution in [0.15, 0.2) is 16.8 Å². The van der Waals surface area contributed by atoms with Crippen molar-refractivity contribution < 1.29 is 14.7 Å². The summed E-state index contributed by atoms with van der Waals surface area (Å²) in [7, 11) is 0. The summed E-state index contributed by atoms with van der Waals surface area (Å²) in [5, 5.41) is 14.9. The predicted octanol–water partition coefficient (Wildman–Crippen LogP) is 1.59. The Labute approximate surface area is 91.9 Å². The second-order valence-corrected chi connectivity index (χ2v) is 4.08. The van der Waals surface area contributed by atoms with E-state index in [0.29, 0.717) is 18.5 Å². The lowest BCUT2D eigenvalue weighted by Crippen LogP contribution is -2.26. The van der Waals surface area contributed by atoms with Gasteiger partial charge in [0.2, 0.25) is 0 Å². The van der Waals surface area contributed by atoms with Crippen LogP contribution in [0.5, 0.6) is 0 Å². The molecule has 1 amide bonds. The molecule has 0 fully saturated rings. The van der Waals surface area contributed by atoms with Crippen LogP contribution in [0.3, 0.4) is 0 Å². The molecule has 1 heterocycles. The van der Waals surface area contributed by atoms with Crippen molar-refractivity contribution in [2.45, 2.75) is 13.3 Å². The van der Waals surface area contributed by atoms with E-state index >= 15 is 0 Å². The third-order valence-corrected chi connectivity index (χ3v) is 2.75. The number of amides is 1. The van der Waals surface area contributed by atoms with E-state index in [1.807, 2.05) is 5.38 Å². The van der Waals surface area contributed by atoms with Crippen LogP contribution >= 0.6 is 11.3 Å². The summed E-state index contributed by atoms with van der Waals surface area (Å²) in [5.41, 5.74) is 0.628. The Morgan fingerprint density at radius 3 is 2.87 bits per heavy atom. The molecule has 1 rings (SSSR count). The lowest BCUT2D eigenvalue weighted by molar-refractivity contribution is -0.141. The van der Waals surface area contributed by atoms with E-state index in [1.54, 1.807) is 18.4 Å². The number of carboxylic acid groups (broad SMARTS) is 1. The van der Waals surface area contributed by atoms with E-state index in [9.17, 15) is 9.59 Å². The van der Waals surface area contributed by atoms with Crippen molar-refractivity contribution in [3.63, 3.8) is 0 Å². The molecule has 1 aromatic rings. The smallest absolute Gasteiger partial charge is 0.306 e. The molecule has 0 aliphatic heterocycles. The number of carboxylic acids is 1. The van der Waals surface area contributed by atoms with Crippen molar-refractivity contribution in [3.05, 3.63) is 22.4 Å². The van der Waals surface area contributed by atoms with Crippen LogP contribution in [-0.4, -0.2) is 23.5 Å². The Balaban J connectivity index is 2.27. The molecule has 0 saturated heterocycles. The van der Waals surface area contributed by atoms with Gasteiger partial charge < -0.3 is 10.4 Å². The van der Waals surface area contributed by atoms with Crippen LogP contribution in [0.2, 0.25) is 0 Å². The molecular formula is C10H13NO3S. The quantitative estimate of drug-likeness (QED) is 0.802. The summed E-state index contributed by atoms with van der Waals surface area (Å²) < 4.78 is 0. The van der Waals surface area contributed by atoms with Crippen LogP contribution in [0, 0.1) is 5.92 Å². The van der Waals surface area contributed by atoms with E-state index < -0.39 is 11.9 Å². The lowest BCUT2D eigenvalue weighted by Gasteiger charge is -2.06. The molecule has 0 bridgehead atoms. The maximum absolute atomic E-state index is 11.4. The van der Waals surface area contributed by atoms with Gasteiger partial charge in [0.25, 0.3) is 5.91 Å². The van der Waals surface area contributed by atoms with Gasteiger partial charge in [0, 0.05) is 17.5 Å². The average molecular weight is 227 g/mol. The lowest BCUT2D eigenvalue weighted by atomic mass is 10.1. The Kier molecular flexibility index (Phi) is 4.30. The summed E-state index contributed by atoms with van der Waals surface area (Å²) in [4.78, 5) is 21.9. The van der Waals surface area contributed by atoms with Crippen molar-refractivity contribution in [3.8, 4) is 0 Å². The normalized spacial score (nSPS) is 12.1. The molecule has 82 valence electrons. The van der Waals surface area contributed by atoms with Gasteiger partial charge in [-0.3, -0.25) is 9.59 Å². The first kappa shape index (κ1) is 11.7. The van der Waals surface area contributed by atoms with Gasteiger partial charge in [0.05, 0.1) is 5.92 Å². The highest BCUT2D eigenvalue weighted by Gasteiger charge is 2.11. The summed E-state index contributed by atoms with van der Waals surface area (Å²) >= 11 is 1.46. The highest BCUT2D eigenvalue weighted by molar-refractivity contribution is 7.08. The van der Waals surface area contributed by atoms with Gasteiger partial charge in [-0.05, 0) is 17.9 Å². The van der Waals surface area contributed by atoms with Crippen molar-refractivity contribution in [2.75, 3.05) is 6.54 Å². The Morgan fingerprint density at radius 2 is 2.33 bits per heavy atom. The van der Waals surface area contributed by atoms with Crippen LogP contribution in [0.1, 0.15) is 23.7 Å². The van der Waals surface area contributed by atoms with Gasteiger partial charge in [-0.2, -0.15) is 11.3 Å². The number of nitrogens with one attached hydrogen (secondary N) is 1. The standard InChI is InChI=1S/C10H13NO3S/c1-7(10(13)14)2-4-11-9(12)8-3-5-15-6-8/h3,5-7H,2,4H2,1H3,(H,11,12)(H,13,14). The molecule has 2 N–H and O–H groups in total. The minimum Gasteiger partial charge on any atom is -0.481 e. The SMILES string of the molecule is CC(CCNC(=O)c1ccsc1)C(=O)O. The number of carbonyl (C=O) groups excluding carboxylic acids is 1. The summed E-state index contributed by atoms with van der Waals surface area (Å²) in [5.74, 6) is -1.40. The number of thiophene rings is 1. The Morgan fingerprint density at radius 1 is 1.60 bits per heavy atom. The molecule has 0 aromatic carbocycles. The minimum absolute atomic E-state index is 0.145. The summed E-state index contributed by atoms with van der Waals surface area (Å²) in [6.07, 6.45) is 0.450. The maximum Gasteiger partial charge on any atom is 0.306 e. The molecule has 0 aliphatic carbocycles. The van der Waals surface area contributed by atoms with Gasteiger partial charge in [-0.25, -0.2) is 0 Å². The minimum atomic E-state index is -0.834. The van der Waals surface area contributed by atoms with Crippen molar-refractivity contribution in [1.82, 2.24) is 5.32 Å². The monoisotopic (exact) mass is 227 g/mol. The van der Waals surface area contributed by atoms with Crippen LogP contribution in [0.25, 0.3) is 0 Å². The number of rotatable bonds is 5. The van der Waals surface area contributed by atoms with E-state index in [-0.39, 0.29) is 5.91 Å². The molecule has 1 unspecified atom stereocenters. The van der Waals surface area contributed by atoms with Crippen molar-refractivity contribution in [1.29, 1.82) is 0 Å². The predicted molar refractivity (Wildman–Crippen MR) is 58.1 cm³/mol. The zero-order valence-corrected chi connectivity index (χ0v) is 9.21. The third kappa shape index (κ3) is 3.71. The molecular weight excluding hydrogens is 214 g/mol. The van der Waals surface area contributed by atoms with E-state index in [0.717, 1.165) is 0 Å². The fourth-order valence-electron chi connectivity index (χ4n) is 1.02. The second kappa shape index (κ2) is 5.50. The third-order valence-electron chi connectivity index (χ3n) is 2.07. The number of hydrogen-bond acceptors (Lipinski definition) is 3. The first-order valence-corrected chi connectivity index (χ1v) is 5.58. The van der Waals surface area contributed by atoms with Gasteiger partial charge in [0.15, 0.2) is 0 Å². The highest BCUT2D eigenvalue weighted by atomic mass is 32.1. The molecule has 1 aromatic heterocycles. The largest absolute Gasteiger partial charge is 0.481 e. The van der Waals surface area contributed by atoms with E-state index in [1.165, 1.54) is 11.3 Å². The molecule has 0 radical (unpaired) electrons. The highest BCUT2D eigenvalue weighted by Crippen LogP contribution is 2.06. The molecule has 0 aliphatic rings. The van der Waals surface area contributed by atoms with E-state index in [2.05, 4.69) is 5.32 Å². The Hall–Kier alpha value is -1.36. The van der Waals surface area contributed by atoms with Crippen LogP contribution in [0.4, 0.5) is 0 Å². The fraction of sp³-hybridized carbons (Fsp3) is 0.400. The molecule has 15 heavy (non-hydrogen) atoms. The van der Waals surface area contributed by atoms with Gasteiger partial charge in [-0.1, -0.05) is 6.92 Å². The maximum atomic E-state index is 11.4. The first-order chi connectivity index (χ1) is 7.11. The molecule has 0 spiro atoms. The van der Waals surface area contributed by atoms with Gasteiger partial charge in [-0.15, -0.1) is 0 Å².